The highest BCUT2D eigenvalue weighted by Gasteiger charge is 2.36. The number of nitrogens with zero attached hydrogens (tertiary/aromatic N) is 5. The van der Waals surface area contributed by atoms with Gasteiger partial charge in [0.2, 0.25) is 0 Å². The number of allylic oxidation sites excluding steroid dienone is 1. The molecule has 41 heavy (non-hydrogen) atoms. The predicted molar refractivity (Wildman–Crippen MR) is 159 cm³/mol. The van der Waals surface area contributed by atoms with E-state index in [0.717, 1.165) is 16.6 Å². The van der Waals surface area contributed by atoms with E-state index in [1.165, 1.54) is 11.3 Å². The van der Waals surface area contributed by atoms with Crippen molar-refractivity contribution in [3.05, 3.63) is 89.0 Å². The fourth-order valence-electron chi connectivity index (χ4n) is 5.39. The highest BCUT2D eigenvalue weighted by atomic mass is 32.1. The smallest absolute Gasteiger partial charge is 0.328 e. The van der Waals surface area contributed by atoms with Crippen molar-refractivity contribution in [3.63, 3.8) is 0 Å². The summed E-state index contributed by atoms with van der Waals surface area (Å²) >= 11 is 1.26. The molecule has 0 spiro atoms. The zero-order valence-electron chi connectivity index (χ0n) is 24.2. The lowest BCUT2D eigenvalue weighted by atomic mass is 9.93. The van der Waals surface area contributed by atoms with Crippen molar-refractivity contribution < 1.29 is 14.3 Å². The Bertz CT molecular complexity index is 1960. The number of aryl methyl sites for hydroxylation is 2. The Balaban J connectivity index is 1.77. The molecule has 2 aromatic heterocycles. The van der Waals surface area contributed by atoms with E-state index in [9.17, 15) is 14.4 Å². The molecule has 2 aromatic carbocycles. The zero-order chi connectivity index (χ0) is 29.6. The third-order valence-corrected chi connectivity index (χ3v) is 8.61. The van der Waals surface area contributed by atoms with Gasteiger partial charge in [-0.1, -0.05) is 17.4 Å². The number of hydrogen-bond acceptors (Lipinski definition) is 7. The van der Waals surface area contributed by atoms with Crippen LogP contribution in [-0.2, 0) is 18.9 Å². The Labute approximate surface area is 240 Å². The number of hydrogen-bond donors (Lipinski definition) is 0. The van der Waals surface area contributed by atoms with Gasteiger partial charge in [-0.05, 0) is 62.7 Å². The van der Waals surface area contributed by atoms with Gasteiger partial charge in [-0.3, -0.25) is 23.3 Å². The Morgan fingerprint density at radius 1 is 1.02 bits per heavy atom. The average molecular weight is 576 g/mol. The molecule has 1 amide bonds. The fourth-order valence-corrected chi connectivity index (χ4v) is 6.44. The van der Waals surface area contributed by atoms with Gasteiger partial charge in [0.15, 0.2) is 4.80 Å². The third-order valence-electron chi connectivity index (χ3n) is 7.63. The number of benzene rings is 2. The molecule has 0 saturated carbocycles. The highest BCUT2D eigenvalue weighted by Crippen LogP contribution is 2.38. The number of fused-ring (bicyclic) bond motifs is 2. The first-order valence-electron chi connectivity index (χ1n) is 13.3. The topological polar surface area (TPSA) is 100 Å². The second kappa shape index (κ2) is 10.9. The van der Waals surface area contributed by atoms with Gasteiger partial charge < -0.3 is 14.4 Å². The quantitative estimate of drug-likeness (QED) is 0.337. The predicted octanol–water partition coefficient (Wildman–Crippen LogP) is 2.31. The SMILES string of the molecule is CCN(CC)C(=O)C1=C(C)N=c2s/c(=C/c3ccc4c(c3)n(C)c(=O)n4C)c(=O)n2[C@@H]1c1cc(OC)ccc1OC. The lowest BCUT2D eigenvalue weighted by Gasteiger charge is -2.30. The molecule has 1 atom stereocenters. The average Bonchev–Trinajstić information content (AvgIpc) is 3.39. The molecular formula is C30H33N5O5S. The van der Waals surface area contributed by atoms with Gasteiger partial charge >= 0.3 is 5.69 Å². The van der Waals surface area contributed by atoms with Crippen LogP contribution in [0.1, 0.15) is 37.9 Å². The van der Waals surface area contributed by atoms with E-state index in [1.54, 1.807) is 78.1 Å². The van der Waals surface area contributed by atoms with Gasteiger partial charge in [-0.15, -0.1) is 0 Å². The van der Waals surface area contributed by atoms with Gasteiger partial charge in [0.1, 0.15) is 17.5 Å². The molecule has 5 rings (SSSR count). The van der Waals surface area contributed by atoms with E-state index in [2.05, 4.69) is 0 Å². The molecule has 0 radical (unpaired) electrons. The van der Waals surface area contributed by atoms with Gasteiger partial charge in [0, 0.05) is 32.7 Å². The number of carbonyl (C=O) groups is 1. The summed E-state index contributed by atoms with van der Waals surface area (Å²) in [5.74, 6) is 0.921. The second-order valence-electron chi connectivity index (χ2n) is 9.82. The highest BCUT2D eigenvalue weighted by molar-refractivity contribution is 7.07. The summed E-state index contributed by atoms with van der Waals surface area (Å²) in [7, 11) is 6.58. The van der Waals surface area contributed by atoms with Crippen LogP contribution in [0, 0.1) is 0 Å². The van der Waals surface area contributed by atoms with Crippen LogP contribution < -0.4 is 30.1 Å². The van der Waals surface area contributed by atoms with Crippen molar-refractivity contribution in [3.8, 4) is 11.5 Å². The van der Waals surface area contributed by atoms with Gasteiger partial charge in [-0.25, -0.2) is 9.79 Å². The largest absolute Gasteiger partial charge is 0.497 e. The lowest BCUT2D eigenvalue weighted by Crippen LogP contribution is -2.43. The zero-order valence-corrected chi connectivity index (χ0v) is 25.0. The number of aromatic nitrogens is 3. The Kier molecular flexibility index (Phi) is 7.48. The molecule has 10 nitrogen and oxygen atoms in total. The first kappa shape index (κ1) is 28.2. The van der Waals surface area contributed by atoms with E-state index < -0.39 is 6.04 Å². The minimum Gasteiger partial charge on any atom is -0.497 e. The molecular weight excluding hydrogens is 542 g/mol. The van der Waals surface area contributed by atoms with Crippen LogP contribution in [0.15, 0.2) is 62.2 Å². The van der Waals surface area contributed by atoms with E-state index in [0.29, 0.717) is 50.8 Å². The van der Waals surface area contributed by atoms with Gasteiger partial charge in [-0.2, -0.15) is 0 Å². The van der Waals surface area contributed by atoms with E-state index in [-0.39, 0.29) is 17.2 Å². The normalized spacial score (nSPS) is 15.2. The summed E-state index contributed by atoms with van der Waals surface area (Å²) in [5, 5.41) is 0. The first-order valence-corrected chi connectivity index (χ1v) is 14.2. The maximum atomic E-state index is 14.1. The number of carbonyl (C=O) groups excluding carboxylic acids is 1. The first-order chi connectivity index (χ1) is 19.6. The van der Waals surface area contributed by atoms with Crippen molar-refractivity contribution in [2.24, 2.45) is 19.1 Å². The summed E-state index contributed by atoms with van der Waals surface area (Å²) < 4.78 is 16.4. The summed E-state index contributed by atoms with van der Waals surface area (Å²) in [6.45, 7) is 6.68. The molecule has 0 saturated heterocycles. The van der Waals surface area contributed by atoms with Gasteiger partial charge in [0.25, 0.3) is 11.5 Å². The van der Waals surface area contributed by atoms with Crippen LogP contribution in [0.5, 0.6) is 11.5 Å². The Hall–Kier alpha value is -4.38. The molecule has 3 heterocycles. The number of methoxy groups -OCH3 is 2. The van der Waals surface area contributed by atoms with Crippen LogP contribution in [0.3, 0.4) is 0 Å². The molecule has 0 aliphatic carbocycles. The fraction of sp³-hybridized carbons (Fsp3) is 0.333. The monoisotopic (exact) mass is 575 g/mol. The third kappa shape index (κ3) is 4.59. The molecule has 0 N–H and O–H groups in total. The lowest BCUT2D eigenvalue weighted by molar-refractivity contribution is -0.127. The summed E-state index contributed by atoms with van der Waals surface area (Å²) in [4.78, 5) is 47.4. The van der Waals surface area contributed by atoms with Crippen molar-refractivity contribution >= 4 is 34.4 Å². The number of imidazole rings is 1. The minimum atomic E-state index is -0.774. The number of thiazole rings is 1. The van der Waals surface area contributed by atoms with E-state index >= 15 is 0 Å². The van der Waals surface area contributed by atoms with Crippen molar-refractivity contribution in [1.82, 2.24) is 18.6 Å². The van der Waals surface area contributed by atoms with E-state index in [4.69, 9.17) is 14.5 Å². The number of amides is 1. The van der Waals surface area contributed by atoms with Crippen molar-refractivity contribution in [2.45, 2.75) is 26.8 Å². The van der Waals surface area contributed by atoms with Crippen molar-refractivity contribution in [2.75, 3.05) is 27.3 Å². The number of ether oxygens (including phenoxy) is 2. The molecule has 1 aliphatic rings. The van der Waals surface area contributed by atoms with Crippen LogP contribution >= 0.6 is 11.3 Å². The maximum absolute atomic E-state index is 14.1. The molecule has 0 bridgehead atoms. The summed E-state index contributed by atoms with van der Waals surface area (Å²) in [6, 6.07) is 10.2. The standard InChI is InChI=1S/C30H33N5O5S/c1-8-34(9-2)28(37)25-17(3)31-29-35(26(25)20-16-19(39-6)11-13-23(20)40-7)27(36)24(41-29)15-18-10-12-21-22(14-18)33(5)30(38)32(21)4/h10-16,26H,8-9H2,1-7H3/b24-15+/t26-/m1/s1. The molecule has 11 heteroatoms. The molecule has 0 fully saturated rings. The summed E-state index contributed by atoms with van der Waals surface area (Å²) in [6.07, 6.45) is 1.80. The molecule has 0 unspecified atom stereocenters. The summed E-state index contributed by atoms with van der Waals surface area (Å²) in [5.41, 5.74) is 3.54. The molecule has 1 aliphatic heterocycles. The van der Waals surface area contributed by atoms with Crippen molar-refractivity contribution in [1.29, 1.82) is 0 Å². The van der Waals surface area contributed by atoms with Crippen LogP contribution in [-0.4, -0.2) is 51.8 Å². The number of likely N-dealkylation sites (N-methyl/N-ethyl adjacent to an activating group) is 1. The molecule has 214 valence electrons. The Morgan fingerprint density at radius 3 is 2.39 bits per heavy atom. The van der Waals surface area contributed by atoms with Crippen LogP contribution in [0.4, 0.5) is 0 Å². The maximum Gasteiger partial charge on any atom is 0.328 e. The van der Waals surface area contributed by atoms with Gasteiger partial charge in [0.05, 0.1) is 41.1 Å². The number of rotatable bonds is 7. The molecule has 4 aromatic rings. The van der Waals surface area contributed by atoms with Crippen LogP contribution in [0.2, 0.25) is 0 Å². The van der Waals surface area contributed by atoms with E-state index in [1.807, 2.05) is 32.0 Å². The second-order valence-corrected chi connectivity index (χ2v) is 10.8. The van der Waals surface area contributed by atoms with Crippen LogP contribution in [0.25, 0.3) is 17.1 Å². The Morgan fingerprint density at radius 2 is 1.73 bits per heavy atom. The minimum absolute atomic E-state index is 0.121.